The Labute approximate surface area is 138 Å². The Morgan fingerprint density at radius 1 is 1.35 bits per heavy atom. The highest BCUT2D eigenvalue weighted by atomic mass is 16.6. The van der Waals surface area contributed by atoms with Gasteiger partial charge in [-0.05, 0) is 46.2 Å². The lowest BCUT2D eigenvalue weighted by Gasteiger charge is -2.38. The number of carbonyl (C=O) groups excluding carboxylic acids is 1. The van der Waals surface area contributed by atoms with Gasteiger partial charge in [0, 0.05) is 13.1 Å². The van der Waals surface area contributed by atoms with E-state index in [1.165, 1.54) is 0 Å². The van der Waals surface area contributed by atoms with Crippen LogP contribution in [0.3, 0.4) is 0 Å². The fourth-order valence-corrected chi connectivity index (χ4v) is 3.93. The molecule has 1 aliphatic carbocycles. The van der Waals surface area contributed by atoms with E-state index in [1.807, 2.05) is 19.0 Å². The van der Waals surface area contributed by atoms with Gasteiger partial charge in [-0.15, -0.1) is 0 Å². The fraction of sp³-hybridized carbons (Fsp3) is 0.941. The first-order valence-electron chi connectivity index (χ1n) is 8.80. The second-order valence-corrected chi connectivity index (χ2v) is 7.85. The van der Waals surface area contributed by atoms with Crippen LogP contribution < -0.4 is 0 Å². The SMILES string of the molecule is CN(C)CC1CCC2(COCCN(C(=O)CC3(O)CCC3)C2)O1. The maximum absolute atomic E-state index is 12.6. The predicted molar refractivity (Wildman–Crippen MR) is 86.2 cm³/mol. The topological polar surface area (TPSA) is 62.2 Å². The molecule has 23 heavy (non-hydrogen) atoms. The van der Waals surface area contributed by atoms with Crippen molar-refractivity contribution in [2.45, 2.75) is 55.8 Å². The van der Waals surface area contributed by atoms with Crippen LogP contribution in [0.25, 0.3) is 0 Å². The minimum Gasteiger partial charge on any atom is -0.389 e. The van der Waals surface area contributed by atoms with E-state index in [1.54, 1.807) is 0 Å². The van der Waals surface area contributed by atoms with E-state index in [9.17, 15) is 9.90 Å². The summed E-state index contributed by atoms with van der Waals surface area (Å²) in [4.78, 5) is 16.6. The monoisotopic (exact) mass is 326 g/mol. The van der Waals surface area contributed by atoms with Crippen LogP contribution in [0, 0.1) is 0 Å². The first kappa shape index (κ1) is 17.1. The number of likely N-dealkylation sites (N-methyl/N-ethyl adjacent to an activating group) is 1. The maximum atomic E-state index is 12.6. The summed E-state index contributed by atoms with van der Waals surface area (Å²) >= 11 is 0. The summed E-state index contributed by atoms with van der Waals surface area (Å²) in [6, 6.07) is 0. The summed E-state index contributed by atoms with van der Waals surface area (Å²) in [5.74, 6) is 0.0386. The van der Waals surface area contributed by atoms with Crippen molar-refractivity contribution in [1.82, 2.24) is 9.80 Å². The smallest absolute Gasteiger partial charge is 0.225 e. The Kier molecular flexibility index (Phi) is 4.97. The van der Waals surface area contributed by atoms with Crippen LogP contribution in [-0.2, 0) is 14.3 Å². The molecule has 0 aromatic heterocycles. The largest absolute Gasteiger partial charge is 0.389 e. The van der Waals surface area contributed by atoms with E-state index < -0.39 is 5.60 Å². The van der Waals surface area contributed by atoms with E-state index in [0.717, 1.165) is 38.6 Å². The van der Waals surface area contributed by atoms with Crippen molar-refractivity contribution >= 4 is 5.91 Å². The standard InChI is InChI=1S/C17H30N2O4/c1-18(2)11-14-4-7-17(23-14)12-19(8-9-22-13-17)15(20)10-16(21)5-3-6-16/h14,21H,3-13H2,1-2H3. The van der Waals surface area contributed by atoms with Crippen molar-refractivity contribution < 1.29 is 19.4 Å². The quantitative estimate of drug-likeness (QED) is 0.821. The van der Waals surface area contributed by atoms with Gasteiger partial charge in [0.05, 0.1) is 37.9 Å². The molecule has 2 saturated heterocycles. The minimum atomic E-state index is -0.763. The third-order valence-corrected chi connectivity index (χ3v) is 5.37. The molecule has 2 atom stereocenters. The number of rotatable bonds is 4. The highest BCUT2D eigenvalue weighted by Crippen LogP contribution is 2.37. The van der Waals surface area contributed by atoms with Crippen LogP contribution in [0.4, 0.5) is 0 Å². The molecule has 1 spiro atoms. The molecule has 0 aromatic rings. The number of hydrogen-bond acceptors (Lipinski definition) is 5. The van der Waals surface area contributed by atoms with Crippen LogP contribution in [-0.4, -0.2) is 85.1 Å². The van der Waals surface area contributed by atoms with Crippen molar-refractivity contribution in [3.63, 3.8) is 0 Å². The van der Waals surface area contributed by atoms with Gasteiger partial charge in [-0.1, -0.05) is 0 Å². The summed E-state index contributed by atoms with van der Waals surface area (Å²) in [5.41, 5.74) is -1.13. The highest BCUT2D eigenvalue weighted by Gasteiger charge is 2.45. The molecule has 1 saturated carbocycles. The predicted octanol–water partition coefficient (Wildman–Crippen LogP) is 0.630. The molecule has 1 amide bonds. The molecule has 2 unspecified atom stereocenters. The van der Waals surface area contributed by atoms with Crippen LogP contribution in [0.5, 0.6) is 0 Å². The Hall–Kier alpha value is -0.690. The van der Waals surface area contributed by atoms with Crippen LogP contribution in [0.15, 0.2) is 0 Å². The summed E-state index contributed by atoms with van der Waals surface area (Å²) in [7, 11) is 4.10. The number of hydrogen-bond donors (Lipinski definition) is 1. The summed E-state index contributed by atoms with van der Waals surface area (Å²) in [6.07, 6.45) is 4.90. The normalized spacial score (nSPS) is 33.7. The molecule has 0 aromatic carbocycles. The van der Waals surface area contributed by atoms with Gasteiger partial charge in [-0.2, -0.15) is 0 Å². The van der Waals surface area contributed by atoms with Crippen LogP contribution in [0.2, 0.25) is 0 Å². The average Bonchev–Trinajstić information content (AvgIpc) is 2.69. The average molecular weight is 326 g/mol. The van der Waals surface area contributed by atoms with Gasteiger partial charge in [0.1, 0.15) is 5.60 Å². The van der Waals surface area contributed by atoms with E-state index in [4.69, 9.17) is 9.47 Å². The molecule has 1 N–H and O–H groups in total. The molecular formula is C17H30N2O4. The minimum absolute atomic E-state index is 0.0386. The lowest BCUT2D eigenvalue weighted by molar-refractivity contribution is -0.145. The van der Waals surface area contributed by atoms with Crippen LogP contribution in [0.1, 0.15) is 38.5 Å². The second-order valence-electron chi connectivity index (χ2n) is 7.85. The van der Waals surface area contributed by atoms with E-state index >= 15 is 0 Å². The number of carbonyl (C=O) groups is 1. The van der Waals surface area contributed by atoms with Crippen molar-refractivity contribution in [3.8, 4) is 0 Å². The van der Waals surface area contributed by atoms with E-state index in [0.29, 0.717) is 26.3 Å². The molecule has 3 fully saturated rings. The number of ether oxygens (including phenoxy) is 2. The molecule has 3 aliphatic rings. The second kappa shape index (κ2) is 6.67. The molecule has 132 valence electrons. The molecule has 6 nitrogen and oxygen atoms in total. The lowest BCUT2D eigenvalue weighted by atomic mass is 9.77. The van der Waals surface area contributed by atoms with Crippen molar-refractivity contribution in [2.75, 3.05) is 46.9 Å². The molecule has 2 aliphatic heterocycles. The zero-order valence-corrected chi connectivity index (χ0v) is 14.4. The van der Waals surface area contributed by atoms with Gasteiger partial charge < -0.3 is 24.4 Å². The molecule has 6 heteroatoms. The lowest BCUT2D eigenvalue weighted by Crippen LogP contribution is -2.49. The zero-order valence-electron chi connectivity index (χ0n) is 14.4. The molecular weight excluding hydrogens is 296 g/mol. The molecule has 3 rings (SSSR count). The van der Waals surface area contributed by atoms with Gasteiger partial charge in [0.2, 0.25) is 5.91 Å². The van der Waals surface area contributed by atoms with Gasteiger partial charge in [-0.25, -0.2) is 0 Å². The number of aliphatic hydroxyl groups is 1. The Morgan fingerprint density at radius 2 is 2.13 bits per heavy atom. The first-order chi connectivity index (χ1) is 10.9. The molecule has 0 bridgehead atoms. The number of amides is 1. The first-order valence-corrected chi connectivity index (χ1v) is 8.80. The van der Waals surface area contributed by atoms with E-state index in [-0.39, 0.29) is 24.0 Å². The zero-order chi connectivity index (χ0) is 16.5. The Morgan fingerprint density at radius 3 is 2.78 bits per heavy atom. The van der Waals surface area contributed by atoms with Gasteiger partial charge in [0.15, 0.2) is 0 Å². The highest BCUT2D eigenvalue weighted by molar-refractivity contribution is 5.77. The van der Waals surface area contributed by atoms with Gasteiger partial charge in [-0.3, -0.25) is 4.79 Å². The molecule has 0 radical (unpaired) electrons. The Balaban J connectivity index is 1.61. The van der Waals surface area contributed by atoms with Gasteiger partial charge in [0.25, 0.3) is 0 Å². The summed E-state index contributed by atoms with van der Waals surface area (Å²) in [6.45, 7) is 3.19. The number of nitrogens with zero attached hydrogens (tertiary/aromatic N) is 2. The van der Waals surface area contributed by atoms with Crippen molar-refractivity contribution in [1.29, 1.82) is 0 Å². The molecule has 2 heterocycles. The van der Waals surface area contributed by atoms with Crippen molar-refractivity contribution in [2.24, 2.45) is 0 Å². The van der Waals surface area contributed by atoms with Gasteiger partial charge >= 0.3 is 0 Å². The summed E-state index contributed by atoms with van der Waals surface area (Å²) < 4.78 is 12.0. The third-order valence-electron chi connectivity index (χ3n) is 5.37. The van der Waals surface area contributed by atoms with E-state index in [2.05, 4.69) is 4.90 Å². The maximum Gasteiger partial charge on any atom is 0.225 e. The summed E-state index contributed by atoms with van der Waals surface area (Å²) in [5, 5.41) is 10.3. The van der Waals surface area contributed by atoms with Crippen LogP contribution >= 0.6 is 0 Å². The third kappa shape index (κ3) is 4.05. The fourth-order valence-electron chi connectivity index (χ4n) is 3.93. The van der Waals surface area contributed by atoms with Crippen molar-refractivity contribution in [3.05, 3.63) is 0 Å². The Bertz CT molecular complexity index is 438.